The largest absolute Gasteiger partial charge is 0.326 e. The fourth-order valence-electron chi connectivity index (χ4n) is 3.47. The maximum Gasteiger partial charge on any atom is 0.233 e. The molecule has 0 heterocycles. The average molecular weight is 288 g/mol. The van der Waals surface area contributed by atoms with Crippen LogP contribution in [0.3, 0.4) is 0 Å². The van der Waals surface area contributed by atoms with Gasteiger partial charge in [-0.2, -0.15) is 0 Å². The van der Waals surface area contributed by atoms with Crippen LogP contribution in [0.5, 0.6) is 0 Å². The Kier molecular flexibility index (Phi) is 5.04. The Labute approximate surface area is 128 Å². The summed E-state index contributed by atoms with van der Waals surface area (Å²) in [6.45, 7) is 6.87. The zero-order chi connectivity index (χ0) is 15.5. The minimum atomic E-state index is -0.142. The number of nitrogens with two attached hydrogens (primary N) is 1. The van der Waals surface area contributed by atoms with Crippen molar-refractivity contribution in [2.24, 2.45) is 11.1 Å². The van der Waals surface area contributed by atoms with Crippen LogP contribution >= 0.6 is 0 Å². The smallest absolute Gasteiger partial charge is 0.233 e. The van der Waals surface area contributed by atoms with E-state index in [1.807, 2.05) is 29.2 Å². The predicted molar refractivity (Wildman–Crippen MR) is 88.1 cm³/mol. The normalized spacial score (nSPS) is 17.2. The summed E-state index contributed by atoms with van der Waals surface area (Å²) in [5, 5.41) is 0. The average Bonchev–Trinajstić information content (AvgIpc) is 2.98. The van der Waals surface area contributed by atoms with Crippen LogP contribution < -0.4 is 10.6 Å². The summed E-state index contributed by atoms with van der Waals surface area (Å²) in [6, 6.07) is 8.26. The van der Waals surface area contributed by atoms with Gasteiger partial charge in [0.25, 0.3) is 0 Å². The molecule has 1 aromatic carbocycles. The van der Waals surface area contributed by atoms with Crippen LogP contribution in [0.25, 0.3) is 0 Å². The van der Waals surface area contributed by atoms with Gasteiger partial charge in [-0.1, -0.05) is 31.9 Å². The van der Waals surface area contributed by atoms with Crippen molar-refractivity contribution in [3.8, 4) is 0 Å². The van der Waals surface area contributed by atoms with E-state index in [0.29, 0.717) is 12.5 Å². The van der Waals surface area contributed by atoms with Gasteiger partial charge in [-0.05, 0) is 50.8 Å². The lowest BCUT2D eigenvalue weighted by Crippen LogP contribution is -2.46. The molecule has 1 aliphatic carbocycles. The van der Waals surface area contributed by atoms with Crippen molar-refractivity contribution in [2.45, 2.75) is 65.5 Å². The molecule has 116 valence electrons. The summed E-state index contributed by atoms with van der Waals surface area (Å²) in [4.78, 5) is 15.2. The van der Waals surface area contributed by atoms with Gasteiger partial charge in [-0.25, -0.2) is 0 Å². The summed E-state index contributed by atoms with van der Waals surface area (Å²) in [6.07, 6.45) is 5.37. The molecule has 0 saturated heterocycles. The van der Waals surface area contributed by atoms with E-state index in [-0.39, 0.29) is 11.5 Å². The topological polar surface area (TPSA) is 46.3 Å². The Morgan fingerprint density at radius 2 is 1.81 bits per heavy atom. The highest BCUT2D eigenvalue weighted by Gasteiger charge is 2.42. The van der Waals surface area contributed by atoms with Crippen LogP contribution in [-0.4, -0.2) is 11.9 Å². The standard InChI is InChI=1S/C18H28N2O/c1-4-18(11-5-6-12-18)17(21)20(14(2)3)16-9-7-15(13-19)8-10-16/h7-10,14H,4-6,11-13,19H2,1-3H3. The summed E-state index contributed by atoms with van der Waals surface area (Å²) in [5.74, 6) is 0.304. The van der Waals surface area contributed by atoms with Gasteiger partial charge in [0.15, 0.2) is 0 Å². The van der Waals surface area contributed by atoms with Crippen LogP contribution in [0.15, 0.2) is 24.3 Å². The Morgan fingerprint density at radius 3 is 2.24 bits per heavy atom. The first-order chi connectivity index (χ1) is 10.0. The van der Waals surface area contributed by atoms with E-state index in [0.717, 1.165) is 30.5 Å². The number of amides is 1. The van der Waals surface area contributed by atoms with Gasteiger partial charge < -0.3 is 10.6 Å². The fourth-order valence-corrected chi connectivity index (χ4v) is 3.47. The van der Waals surface area contributed by atoms with Gasteiger partial charge in [-0.15, -0.1) is 0 Å². The number of benzene rings is 1. The number of nitrogens with zero attached hydrogens (tertiary/aromatic N) is 1. The molecular formula is C18H28N2O. The molecule has 1 amide bonds. The summed E-state index contributed by atoms with van der Waals surface area (Å²) in [7, 11) is 0. The van der Waals surface area contributed by atoms with E-state index < -0.39 is 0 Å². The van der Waals surface area contributed by atoms with Gasteiger partial charge in [0.2, 0.25) is 5.91 Å². The molecule has 0 atom stereocenters. The van der Waals surface area contributed by atoms with Crippen molar-refractivity contribution < 1.29 is 4.79 Å². The Bertz CT molecular complexity index is 472. The number of carbonyl (C=O) groups excluding carboxylic acids is 1. The Hall–Kier alpha value is -1.35. The first-order valence-corrected chi connectivity index (χ1v) is 8.17. The van der Waals surface area contributed by atoms with Crippen molar-refractivity contribution in [3.63, 3.8) is 0 Å². The molecule has 0 bridgehead atoms. The van der Waals surface area contributed by atoms with E-state index in [4.69, 9.17) is 5.73 Å². The second-order valence-corrected chi connectivity index (χ2v) is 6.48. The summed E-state index contributed by atoms with van der Waals surface area (Å²) >= 11 is 0. The van der Waals surface area contributed by atoms with E-state index in [1.165, 1.54) is 12.8 Å². The highest BCUT2D eigenvalue weighted by molar-refractivity contribution is 5.98. The lowest BCUT2D eigenvalue weighted by atomic mass is 9.81. The molecule has 2 rings (SSSR count). The third-order valence-corrected chi connectivity index (χ3v) is 4.88. The number of hydrogen-bond acceptors (Lipinski definition) is 2. The molecule has 0 radical (unpaired) electrons. The number of hydrogen-bond donors (Lipinski definition) is 1. The fraction of sp³-hybridized carbons (Fsp3) is 0.611. The number of rotatable bonds is 5. The van der Waals surface area contributed by atoms with Gasteiger partial charge in [0.1, 0.15) is 0 Å². The van der Waals surface area contributed by atoms with Crippen molar-refractivity contribution in [1.82, 2.24) is 0 Å². The molecule has 1 fully saturated rings. The maximum absolute atomic E-state index is 13.2. The minimum absolute atomic E-state index is 0.142. The molecule has 21 heavy (non-hydrogen) atoms. The Morgan fingerprint density at radius 1 is 1.24 bits per heavy atom. The summed E-state index contributed by atoms with van der Waals surface area (Å²) in [5.41, 5.74) is 7.61. The third kappa shape index (κ3) is 3.13. The van der Waals surface area contributed by atoms with E-state index >= 15 is 0 Å². The highest BCUT2D eigenvalue weighted by Crippen LogP contribution is 2.43. The van der Waals surface area contributed by atoms with Gasteiger partial charge in [0, 0.05) is 23.7 Å². The molecule has 0 aliphatic heterocycles. The molecule has 0 spiro atoms. The molecule has 1 saturated carbocycles. The number of carbonyl (C=O) groups is 1. The van der Waals surface area contributed by atoms with Crippen molar-refractivity contribution in [3.05, 3.63) is 29.8 Å². The van der Waals surface area contributed by atoms with E-state index in [9.17, 15) is 4.79 Å². The second kappa shape index (κ2) is 6.61. The first-order valence-electron chi connectivity index (χ1n) is 8.17. The lowest BCUT2D eigenvalue weighted by Gasteiger charge is -2.36. The molecule has 0 unspecified atom stereocenters. The Balaban J connectivity index is 2.31. The molecule has 1 aliphatic rings. The van der Waals surface area contributed by atoms with Gasteiger partial charge in [0.05, 0.1) is 0 Å². The molecule has 0 aromatic heterocycles. The van der Waals surface area contributed by atoms with Crippen LogP contribution in [0.2, 0.25) is 0 Å². The van der Waals surface area contributed by atoms with Crippen molar-refractivity contribution in [1.29, 1.82) is 0 Å². The third-order valence-electron chi connectivity index (χ3n) is 4.88. The maximum atomic E-state index is 13.2. The first kappa shape index (κ1) is 16.0. The molecule has 2 N–H and O–H groups in total. The molecule has 3 nitrogen and oxygen atoms in total. The zero-order valence-corrected chi connectivity index (χ0v) is 13.6. The predicted octanol–water partition coefficient (Wildman–Crippen LogP) is 3.86. The SMILES string of the molecule is CCC1(C(=O)N(c2ccc(CN)cc2)C(C)C)CCCC1. The quantitative estimate of drug-likeness (QED) is 0.894. The van der Waals surface area contributed by atoms with E-state index in [1.54, 1.807) is 0 Å². The van der Waals surface area contributed by atoms with Crippen molar-refractivity contribution in [2.75, 3.05) is 4.90 Å². The van der Waals surface area contributed by atoms with E-state index in [2.05, 4.69) is 20.8 Å². The van der Waals surface area contributed by atoms with Crippen molar-refractivity contribution >= 4 is 11.6 Å². The monoisotopic (exact) mass is 288 g/mol. The van der Waals surface area contributed by atoms with Crippen LogP contribution in [-0.2, 0) is 11.3 Å². The highest BCUT2D eigenvalue weighted by atomic mass is 16.2. The number of anilines is 1. The van der Waals surface area contributed by atoms with Crippen LogP contribution in [0.1, 0.15) is 58.4 Å². The molecule has 1 aromatic rings. The lowest BCUT2D eigenvalue weighted by molar-refractivity contribution is -0.128. The zero-order valence-electron chi connectivity index (χ0n) is 13.6. The van der Waals surface area contributed by atoms with Crippen LogP contribution in [0, 0.1) is 5.41 Å². The summed E-state index contributed by atoms with van der Waals surface area (Å²) < 4.78 is 0. The second-order valence-electron chi connectivity index (χ2n) is 6.48. The molecular weight excluding hydrogens is 260 g/mol. The van der Waals surface area contributed by atoms with Gasteiger partial charge >= 0.3 is 0 Å². The minimum Gasteiger partial charge on any atom is -0.326 e. The molecule has 3 heteroatoms. The van der Waals surface area contributed by atoms with Crippen LogP contribution in [0.4, 0.5) is 5.69 Å². The van der Waals surface area contributed by atoms with Gasteiger partial charge in [-0.3, -0.25) is 4.79 Å².